The highest BCUT2D eigenvalue weighted by molar-refractivity contribution is 5.83. The van der Waals surface area contributed by atoms with E-state index in [0.717, 1.165) is 0 Å². The maximum atomic E-state index is 11.7. The largest absolute Gasteiger partial charge is 0.368 e. The molecule has 0 bridgehead atoms. The van der Waals surface area contributed by atoms with Crippen molar-refractivity contribution in [1.82, 2.24) is 5.32 Å². The molecule has 0 fully saturated rings. The molecule has 5 heteroatoms. The van der Waals surface area contributed by atoms with E-state index in [-0.39, 0.29) is 30.5 Å². The Balaban J connectivity index is 2.71. The van der Waals surface area contributed by atoms with Crippen LogP contribution in [-0.2, 0) is 15.0 Å². The van der Waals surface area contributed by atoms with Gasteiger partial charge in [0.1, 0.15) is 6.04 Å². The number of benzene rings is 1. The lowest BCUT2D eigenvalue weighted by atomic mass is 9.85. The summed E-state index contributed by atoms with van der Waals surface area (Å²) in [7, 11) is 0. The lowest BCUT2D eigenvalue weighted by molar-refractivity contribution is -0.692. The third-order valence-electron chi connectivity index (χ3n) is 3.90. The zero-order chi connectivity index (χ0) is 17.6. The number of hydrogen-bond acceptors (Lipinski definition) is 2. The zero-order valence-corrected chi connectivity index (χ0v) is 14.8. The molecule has 0 aliphatic rings. The maximum Gasteiger partial charge on any atom is 0.275 e. The Labute approximate surface area is 139 Å². The maximum absolute atomic E-state index is 11.7. The van der Waals surface area contributed by atoms with Crippen LogP contribution in [0.1, 0.15) is 51.8 Å². The summed E-state index contributed by atoms with van der Waals surface area (Å²) in [6.45, 7) is 11.0. The molecule has 2 amide bonds. The van der Waals surface area contributed by atoms with Gasteiger partial charge >= 0.3 is 0 Å². The van der Waals surface area contributed by atoms with Crippen LogP contribution in [0.3, 0.4) is 0 Å². The first kappa shape index (κ1) is 19.2. The van der Waals surface area contributed by atoms with Crippen LogP contribution >= 0.6 is 0 Å². The molecule has 23 heavy (non-hydrogen) atoms. The molecule has 0 saturated heterocycles. The Morgan fingerprint density at radius 2 is 1.74 bits per heavy atom. The van der Waals surface area contributed by atoms with Crippen molar-refractivity contribution < 1.29 is 14.9 Å². The van der Waals surface area contributed by atoms with Gasteiger partial charge in [-0.25, -0.2) is 0 Å². The third kappa shape index (κ3) is 6.40. The number of rotatable bonds is 7. The number of nitrogens with two attached hydrogens (primary N) is 2. The van der Waals surface area contributed by atoms with E-state index in [1.54, 1.807) is 0 Å². The van der Waals surface area contributed by atoms with Gasteiger partial charge in [-0.1, -0.05) is 58.9 Å². The first-order valence-electron chi connectivity index (χ1n) is 8.10. The number of hydrogen-bond donors (Lipinski definition) is 3. The van der Waals surface area contributed by atoms with E-state index in [1.807, 2.05) is 5.32 Å². The van der Waals surface area contributed by atoms with E-state index in [4.69, 9.17) is 5.73 Å². The van der Waals surface area contributed by atoms with Crippen molar-refractivity contribution >= 4 is 11.8 Å². The minimum atomic E-state index is -0.531. The number of nitrogens with one attached hydrogen (secondary N) is 1. The standard InChI is InChI=1S/C18H29N3O2/c1-12(2)17(21-11-16(23)20-10-15(19)22)13-6-8-14(9-7-13)18(3,4)5/h6-9,12,17,21H,10-11H2,1-5H3,(H2,19,22)(H,20,23)/p+1/t17-/m0/s1. The van der Waals surface area contributed by atoms with Crippen LogP contribution < -0.4 is 16.4 Å². The topological polar surface area (TPSA) is 88.8 Å². The van der Waals surface area contributed by atoms with E-state index in [2.05, 4.69) is 64.2 Å². The second kappa shape index (κ2) is 8.11. The first-order chi connectivity index (χ1) is 10.6. The van der Waals surface area contributed by atoms with Crippen LogP contribution in [0.4, 0.5) is 0 Å². The summed E-state index contributed by atoms with van der Waals surface area (Å²) in [6.07, 6.45) is 0. The molecule has 0 aliphatic carbocycles. The van der Waals surface area contributed by atoms with Crippen molar-refractivity contribution in [1.29, 1.82) is 0 Å². The van der Waals surface area contributed by atoms with Crippen LogP contribution in [0, 0.1) is 5.92 Å². The van der Waals surface area contributed by atoms with Gasteiger partial charge in [0.15, 0.2) is 6.54 Å². The van der Waals surface area contributed by atoms with Crippen LogP contribution in [0.5, 0.6) is 0 Å². The quantitative estimate of drug-likeness (QED) is 0.695. The van der Waals surface area contributed by atoms with Crippen LogP contribution in [0.25, 0.3) is 0 Å². The van der Waals surface area contributed by atoms with Crippen LogP contribution in [0.15, 0.2) is 24.3 Å². The summed E-state index contributed by atoms with van der Waals surface area (Å²) in [6, 6.07) is 8.80. The molecule has 1 atom stereocenters. The highest BCUT2D eigenvalue weighted by Crippen LogP contribution is 2.25. The van der Waals surface area contributed by atoms with Crippen molar-refractivity contribution in [2.24, 2.45) is 11.7 Å². The molecule has 1 rings (SSSR count). The average molecular weight is 320 g/mol. The predicted molar refractivity (Wildman–Crippen MR) is 91.7 cm³/mol. The molecule has 1 aromatic carbocycles. The number of carbonyl (C=O) groups is 2. The molecule has 0 aromatic heterocycles. The van der Waals surface area contributed by atoms with E-state index in [9.17, 15) is 9.59 Å². The molecule has 0 aliphatic heterocycles. The highest BCUT2D eigenvalue weighted by atomic mass is 16.2. The molecule has 0 unspecified atom stereocenters. The third-order valence-corrected chi connectivity index (χ3v) is 3.90. The van der Waals surface area contributed by atoms with E-state index in [1.165, 1.54) is 11.1 Å². The predicted octanol–water partition coefficient (Wildman–Crippen LogP) is 0.846. The van der Waals surface area contributed by atoms with Gasteiger partial charge in [0.25, 0.3) is 5.91 Å². The summed E-state index contributed by atoms with van der Waals surface area (Å²) >= 11 is 0. The van der Waals surface area contributed by atoms with Crippen molar-refractivity contribution in [2.45, 2.75) is 46.1 Å². The Morgan fingerprint density at radius 1 is 1.17 bits per heavy atom. The molecule has 5 nitrogen and oxygen atoms in total. The lowest BCUT2D eigenvalue weighted by Crippen LogP contribution is -2.88. The van der Waals surface area contributed by atoms with Gasteiger partial charge in [0, 0.05) is 11.5 Å². The molecule has 0 heterocycles. The summed E-state index contributed by atoms with van der Waals surface area (Å²) < 4.78 is 0. The van der Waals surface area contributed by atoms with Crippen LogP contribution in [0.2, 0.25) is 0 Å². The van der Waals surface area contributed by atoms with E-state index >= 15 is 0 Å². The van der Waals surface area contributed by atoms with Gasteiger partial charge in [-0.15, -0.1) is 0 Å². The normalized spacial score (nSPS) is 13.0. The second-order valence-electron chi connectivity index (χ2n) is 7.32. The van der Waals surface area contributed by atoms with Crippen molar-refractivity contribution in [3.05, 3.63) is 35.4 Å². The SMILES string of the molecule is CC(C)[C@H]([NH2+]CC(=O)NCC(N)=O)c1ccc(C(C)(C)C)cc1. The fourth-order valence-corrected chi connectivity index (χ4v) is 2.49. The summed E-state index contributed by atoms with van der Waals surface area (Å²) in [4.78, 5) is 22.4. The van der Waals surface area contributed by atoms with Crippen molar-refractivity contribution in [3.63, 3.8) is 0 Å². The minimum Gasteiger partial charge on any atom is -0.368 e. The molecule has 1 aromatic rings. The Hall–Kier alpha value is -1.88. The van der Waals surface area contributed by atoms with Gasteiger partial charge in [-0.3, -0.25) is 9.59 Å². The first-order valence-corrected chi connectivity index (χ1v) is 8.10. The van der Waals surface area contributed by atoms with Gasteiger partial charge in [-0.2, -0.15) is 0 Å². The van der Waals surface area contributed by atoms with E-state index in [0.29, 0.717) is 5.92 Å². The smallest absolute Gasteiger partial charge is 0.275 e. The monoisotopic (exact) mass is 320 g/mol. The Kier molecular flexibility index (Phi) is 6.76. The number of amides is 2. The fraction of sp³-hybridized carbons (Fsp3) is 0.556. The molecule has 0 spiro atoms. The van der Waals surface area contributed by atoms with Crippen molar-refractivity contribution in [3.8, 4) is 0 Å². The molecular formula is C18H30N3O2+. The fourth-order valence-electron chi connectivity index (χ4n) is 2.49. The van der Waals surface area contributed by atoms with Gasteiger partial charge in [-0.05, 0) is 11.0 Å². The zero-order valence-electron chi connectivity index (χ0n) is 14.8. The molecule has 0 saturated carbocycles. The Bertz CT molecular complexity index is 530. The average Bonchev–Trinajstić information content (AvgIpc) is 2.44. The van der Waals surface area contributed by atoms with Crippen molar-refractivity contribution in [2.75, 3.05) is 13.1 Å². The molecule has 5 N–H and O–H groups in total. The summed E-state index contributed by atoms with van der Waals surface area (Å²) in [5, 5.41) is 4.52. The summed E-state index contributed by atoms with van der Waals surface area (Å²) in [5.74, 6) is -0.322. The van der Waals surface area contributed by atoms with Gasteiger partial charge < -0.3 is 16.4 Å². The van der Waals surface area contributed by atoms with Gasteiger partial charge in [0.2, 0.25) is 5.91 Å². The lowest BCUT2D eigenvalue weighted by Gasteiger charge is -2.22. The molecular weight excluding hydrogens is 290 g/mol. The highest BCUT2D eigenvalue weighted by Gasteiger charge is 2.21. The molecule has 0 radical (unpaired) electrons. The minimum absolute atomic E-state index is 0.112. The van der Waals surface area contributed by atoms with E-state index < -0.39 is 5.91 Å². The van der Waals surface area contributed by atoms with Gasteiger partial charge in [0.05, 0.1) is 6.54 Å². The van der Waals surface area contributed by atoms with Crippen LogP contribution in [-0.4, -0.2) is 24.9 Å². The number of quaternary nitrogens is 1. The Morgan fingerprint density at radius 3 is 2.17 bits per heavy atom. The number of carbonyl (C=O) groups excluding carboxylic acids is 2. The molecule has 128 valence electrons. The second-order valence-corrected chi connectivity index (χ2v) is 7.32. The summed E-state index contributed by atoms with van der Waals surface area (Å²) in [5.41, 5.74) is 7.65. The number of primary amides is 1.